The van der Waals surface area contributed by atoms with Crippen LogP contribution < -0.4 is 10.9 Å². The highest BCUT2D eigenvalue weighted by Gasteiger charge is 2.25. The van der Waals surface area contributed by atoms with Crippen LogP contribution in [0.3, 0.4) is 0 Å². The number of aromatic nitrogens is 3. The standard InChI is InChI=1S/C15H11N5O6S/c21-14(16-10-6-8-11(9-7-10)20(23)24)13-15(22)19(18-17-13)27(25,26)12-4-2-1-3-5-12/h1-9,18H,(H,16,21). The molecule has 0 unspecified atom stereocenters. The number of amides is 1. The van der Waals surface area contributed by atoms with Gasteiger partial charge in [-0.1, -0.05) is 18.2 Å². The highest BCUT2D eigenvalue weighted by atomic mass is 32.2. The lowest BCUT2D eigenvalue weighted by Gasteiger charge is -2.03. The van der Waals surface area contributed by atoms with Crippen LogP contribution in [0.4, 0.5) is 11.4 Å². The SMILES string of the molecule is O=C(Nc1ccc([N+](=O)[O-])cc1)c1n[nH]n(S(=O)(=O)c2ccccc2)c1=O. The first-order valence-electron chi connectivity index (χ1n) is 7.34. The van der Waals surface area contributed by atoms with Gasteiger partial charge in [-0.25, -0.2) is 5.21 Å². The molecule has 2 aromatic carbocycles. The van der Waals surface area contributed by atoms with Crippen molar-refractivity contribution in [3.8, 4) is 0 Å². The van der Waals surface area contributed by atoms with Crippen molar-refractivity contribution in [2.24, 2.45) is 0 Å². The maximum Gasteiger partial charge on any atom is 0.314 e. The summed E-state index contributed by atoms with van der Waals surface area (Å²) in [5.41, 5.74) is -1.83. The average Bonchev–Trinajstić information content (AvgIpc) is 3.05. The summed E-state index contributed by atoms with van der Waals surface area (Å²) in [4.78, 5) is 34.4. The van der Waals surface area contributed by atoms with Gasteiger partial charge in [-0.3, -0.25) is 19.7 Å². The molecule has 2 N–H and O–H groups in total. The zero-order valence-electron chi connectivity index (χ0n) is 13.4. The third-order valence-corrected chi connectivity index (χ3v) is 5.07. The van der Waals surface area contributed by atoms with Gasteiger partial charge in [0.2, 0.25) is 5.69 Å². The Hall–Kier alpha value is -3.80. The van der Waals surface area contributed by atoms with Gasteiger partial charge in [-0.2, -0.15) is 8.42 Å². The van der Waals surface area contributed by atoms with Crippen molar-refractivity contribution < 1.29 is 18.1 Å². The molecule has 0 saturated carbocycles. The Morgan fingerprint density at radius 2 is 1.74 bits per heavy atom. The zero-order valence-corrected chi connectivity index (χ0v) is 14.2. The molecule has 1 aromatic heterocycles. The predicted molar refractivity (Wildman–Crippen MR) is 92.9 cm³/mol. The van der Waals surface area contributed by atoms with Crippen molar-refractivity contribution in [3.05, 3.63) is 80.8 Å². The van der Waals surface area contributed by atoms with Crippen LogP contribution >= 0.6 is 0 Å². The predicted octanol–water partition coefficient (Wildman–Crippen LogP) is 0.969. The van der Waals surface area contributed by atoms with Gasteiger partial charge in [0.1, 0.15) is 0 Å². The lowest BCUT2D eigenvalue weighted by Crippen LogP contribution is -2.29. The minimum absolute atomic E-state index is 0.155. The van der Waals surface area contributed by atoms with Crippen molar-refractivity contribution in [3.63, 3.8) is 0 Å². The van der Waals surface area contributed by atoms with E-state index in [1.165, 1.54) is 36.4 Å². The highest BCUT2D eigenvalue weighted by Crippen LogP contribution is 2.16. The van der Waals surface area contributed by atoms with Crippen LogP contribution in [-0.4, -0.2) is 33.6 Å². The van der Waals surface area contributed by atoms with Crippen LogP contribution in [0.25, 0.3) is 0 Å². The largest absolute Gasteiger partial charge is 0.320 e. The lowest BCUT2D eigenvalue weighted by atomic mass is 10.3. The summed E-state index contributed by atoms with van der Waals surface area (Å²) in [7, 11) is -4.24. The molecular formula is C15H11N5O6S. The van der Waals surface area contributed by atoms with E-state index in [0.29, 0.717) is 0 Å². The van der Waals surface area contributed by atoms with Gasteiger partial charge in [0.05, 0.1) is 9.82 Å². The molecule has 0 aliphatic carbocycles. The molecule has 0 atom stereocenters. The Balaban J connectivity index is 1.88. The number of nitro groups is 1. The Labute approximate surface area is 151 Å². The van der Waals surface area contributed by atoms with Crippen molar-refractivity contribution in [1.29, 1.82) is 0 Å². The highest BCUT2D eigenvalue weighted by molar-refractivity contribution is 7.89. The molecule has 1 amide bonds. The van der Waals surface area contributed by atoms with Crippen LogP contribution in [0, 0.1) is 10.1 Å². The molecule has 11 nitrogen and oxygen atoms in total. The molecule has 3 rings (SSSR count). The topological polar surface area (TPSA) is 157 Å². The fourth-order valence-electron chi connectivity index (χ4n) is 2.15. The zero-order chi connectivity index (χ0) is 19.6. The van der Waals surface area contributed by atoms with Crippen LogP contribution in [0.15, 0.2) is 64.3 Å². The summed E-state index contributed by atoms with van der Waals surface area (Å²) in [5.74, 6) is -0.966. The van der Waals surface area contributed by atoms with Gasteiger partial charge in [-0.05, 0) is 24.3 Å². The number of anilines is 1. The number of hydrogen-bond donors (Lipinski definition) is 2. The van der Waals surface area contributed by atoms with Gasteiger partial charge in [-0.15, -0.1) is 9.19 Å². The maximum atomic E-state index is 12.4. The molecule has 138 valence electrons. The fourth-order valence-corrected chi connectivity index (χ4v) is 3.32. The summed E-state index contributed by atoms with van der Waals surface area (Å²) in [6.45, 7) is 0. The average molecular weight is 389 g/mol. The van der Waals surface area contributed by atoms with E-state index < -0.39 is 32.1 Å². The number of carbonyl (C=O) groups is 1. The first-order valence-corrected chi connectivity index (χ1v) is 8.78. The molecule has 12 heteroatoms. The number of nitrogens with zero attached hydrogens (tertiary/aromatic N) is 3. The van der Waals surface area contributed by atoms with Crippen LogP contribution in [0.5, 0.6) is 0 Å². The van der Waals surface area contributed by atoms with Crippen LogP contribution in [0.1, 0.15) is 10.5 Å². The van der Waals surface area contributed by atoms with E-state index in [-0.39, 0.29) is 20.4 Å². The molecule has 1 heterocycles. The third-order valence-electron chi connectivity index (χ3n) is 3.47. The smallest absolute Gasteiger partial charge is 0.314 e. The molecule has 0 fully saturated rings. The minimum Gasteiger partial charge on any atom is -0.320 e. The first-order chi connectivity index (χ1) is 12.8. The fraction of sp³-hybridized carbons (Fsp3) is 0. The summed E-state index contributed by atoms with van der Waals surface area (Å²) in [6, 6.07) is 12.0. The number of benzene rings is 2. The summed E-state index contributed by atoms with van der Waals surface area (Å²) >= 11 is 0. The molecule has 27 heavy (non-hydrogen) atoms. The number of non-ortho nitro benzene ring substituents is 1. The maximum absolute atomic E-state index is 12.4. The van der Waals surface area contributed by atoms with Crippen molar-refractivity contribution in [2.45, 2.75) is 4.90 Å². The Morgan fingerprint density at radius 1 is 1.11 bits per heavy atom. The van der Waals surface area contributed by atoms with Gasteiger partial charge in [0.15, 0.2) is 0 Å². The van der Waals surface area contributed by atoms with Gasteiger partial charge >= 0.3 is 5.56 Å². The van der Waals surface area contributed by atoms with Gasteiger partial charge in [0, 0.05) is 17.8 Å². The van der Waals surface area contributed by atoms with E-state index in [9.17, 15) is 28.1 Å². The molecule has 3 aromatic rings. The Bertz CT molecular complexity index is 1170. The first kappa shape index (κ1) is 18.0. The number of aromatic amines is 1. The normalized spacial score (nSPS) is 11.1. The molecule has 0 radical (unpaired) electrons. The molecule has 0 spiro atoms. The molecule has 0 aliphatic heterocycles. The summed E-state index contributed by atoms with van der Waals surface area (Å²) in [5, 5.41) is 18.4. The monoisotopic (exact) mass is 389 g/mol. The van der Waals surface area contributed by atoms with E-state index in [4.69, 9.17) is 0 Å². The van der Waals surface area contributed by atoms with Crippen LogP contribution in [-0.2, 0) is 10.0 Å². The Morgan fingerprint density at radius 3 is 2.33 bits per heavy atom. The molecule has 0 bridgehead atoms. The second-order valence-electron chi connectivity index (χ2n) is 5.21. The number of carbonyl (C=O) groups excluding carboxylic acids is 1. The van der Waals surface area contributed by atoms with Gasteiger partial charge in [0.25, 0.3) is 21.6 Å². The quantitative estimate of drug-likeness (QED) is 0.486. The number of H-pyrrole nitrogens is 1. The number of hydrogen-bond acceptors (Lipinski definition) is 7. The molecule has 0 saturated heterocycles. The van der Waals surface area contributed by atoms with E-state index in [2.05, 4.69) is 10.4 Å². The van der Waals surface area contributed by atoms with E-state index in [1.54, 1.807) is 6.07 Å². The number of nitrogens with one attached hydrogen (secondary N) is 2. The second-order valence-corrected chi connectivity index (χ2v) is 6.99. The third kappa shape index (κ3) is 3.46. The molecular weight excluding hydrogens is 378 g/mol. The van der Waals surface area contributed by atoms with Crippen LogP contribution in [0.2, 0.25) is 0 Å². The summed E-state index contributed by atoms with van der Waals surface area (Å²) in [6.07, 6.45) is 0. The van der Waals surface area contributed by atoms with Crippen molar-refractivity contribution >= 4 is 27.3 Å². The lowest BCUT2D eigenvalue weighted by molar-refractivity contribution is -0.384. The minimum atomic E-state index is -4.24. The van der Waals surface area contributed by atoms with Gasteiger partial charge < -0.3 is 5.32 Å². The second kappa shape index (κ2) is 6.84. The van der Waals surface area contributed by atoms with E-state index in [0.717, 1.165) is 12.1 Å². The van der Waals surface area contributed by atoms with E-state index in [1.807, 2.05) is 5.21 Å². The van der Waals surface area contributed by atoms with E-state index >= 15 is 0 Å². The summed E-state index contributed by atoms with van der Waals surface area (Å²) < 4.78 is 25.1. The Kier molecular flexibility index (Phi) is 4.56. The van der Waals surface area contributed by atoms with Crippen molar-refractivity contribution in [1.82, 2.24) is 14.4 Å². The number of nitro benzene ring substituents is 1. The molecule has 0 aliphatic rings. The number of rotatable bonds is 5. The van der Waals surface area contributed by atoms with Crippen molar-refractivity contribution in [2.75, 3.05) is 5.32 Å².